The molecule has 1 aliphatic carbocycles. The molecule has 7 nitrogen and oxygen atoms in total. The van der Waals surface area contributed by atoms with Crippen LogP contribution in [0.2, 0.25) is 0 Å². The Bertz CT molecular complexity index is 690. The fraction of sp³-hybridized carbons (Fsp3) is 0.471. The van der Waals surface area contributed by atoms with Crippen molar-refractivity contribution in [1.82, 2.24) is 20.3 Å². The van der Waals surface area contributed by atoms with Crippen LogP contribution in [-0.4, -0.2) is 46.3 Å². The summed E-state index contributed by atoms with van der Waals surface area (Å²) in [6.07, 6.45) is 2.95. The summed E-state index contributed by atoms with van der Waals surface area (Å²) in [6, 6.07) is 9.78. The van der Waals surface area contributed by atoms with Gasteiger partial charge in [0.15, 0.2) is 0 Å². The van der Waals surface area contributed by atoms with E-state index >= 15 is 0 Å². The molecular formula is C17H22N4O3. The first-order valence-electron chi connectivity index (χ1n) is 8.08. The van der Waals surface area contributed by atoms with Crippen molar-refractivity contribution < 1.29 is 14.6 Å². The van der Waals surface area contributed by atoms with Gasteiger partial charge in [0.05, 0.1) is 20.3 Å². The zero-order valence-corrected chi connectivity index (χ0v) is 13.7. The highest BCUT2D eigenvalue weighted by atomic mass is 16.5. The summed E-state index contributed by atoms with van der Waals surface area (Å²) in [4.78, 5) is 12.4. The Balaban J connectivity index is 1.70. The van der Waals surface area contributed by atoms with Crippen LogP contribution in [0.4, 0.5) is 0 Å². The van der Waals surface area contributed by atoms with Crippen LogP contribution in [0.5, 0.6) is 5.88 Å². The van der Waals surface area contributed by atoms with Crippen LogP contribution < -0.4 is 10.1 Å². The van der Waals surface area contributed by atoms with E-state index < -0.39 is 0 Å². The van der Waals surface area contributed by atoms with E-state index in [1.165, 1.54) is 7.11 Å². The smallest absolute Gasteiger partial charge is 0.277 e. The SMILES string of the molecule is COc1c(C(=O)NCC2(CO)CCC2)nnn1Cc1ccccc1. The van der Waals surface area contributed by atoms with E-state index in [0.717, 1.165) is 24.8 Å². The van der Waals surface area contributed by atoms with Gasteiger partial charge in [-0.2, -0.15) is 0 Å². The molecule has 1 heterocycles. The van der Waals surface area contributed by atoms with Crippen LogP contribution in [0.15, 0.2) is 30.3 Å². The lowest BCUT2D eigenvalue weighted by atomic mass is 9.69. The number of hydrogen-bond acceptors (Lipinski definition) is 5. The van der Waals surface area contributed by atoms with Crippen molar-refractivity contribution in [2.75, 3.05) is 20.3 Å². The number of carbonyl (C=O) groups excluding carboxylic acids is 1. The normalized spacial score (nSPS) is 15.6. The number of methoxy groups -OCH3 is 1. The zero-order chi connectivity index (χ0) is 17.0. The van der Waals surface area contributed by atoms with Crippen molar-refractivity contribution in [3.63, 3.8) is 0 Å². The predicted octanol–water partition coefficient (Wildman–Crippen LogP) is 1.23. The van der Waals surface area contributed by atoms with E-state index in [1.54, 1.807) is 4.68 Å². The van der Waals surface area contributed by atoms with Gasteiger partial charge < -0.3 is 15.2 Å². The molecule has 7 heteroatoms. The molecule has 0 spiro atoms. The Kier molecular flexibility index (Phi) is 4.80. The number of aliphatic hydroxyl groups is 1. The Morgan fingerprint density at radius 2 is 2.12 bits per heavy atom. The molecule has 2 aromatic rings. The summed E-state index contributed by atoms with van der Waals surface area (Å²) in [6.45, 7) is 1.01. The first-order valence-corrected chi connectivity index (χ1v) is 8.08. The number of hydrogen-bond donors (Lipinski definition) is 2. The van der Waals surface area contributed by atoms with Gasteiger partial charge in [-0.15, -0.1) is 5.10 Å². The maximum absolute atomic E-state index is 12.4. The third kappa shape index (κ3) is 3.26. The highest BCUT2D eigenvalue weighted by Gasteiger charge is 2.37. The van der Waals surface area contributed by atoms with Crippen molar-refractivity contribution in [3.05, 3.63) is 41.6 Å². The first kappa shape index (κ1) is 16.4. The van der Waals surface area contributed by atoms with Crippen molar-refractivity contribution >= 4 is 5.91 Å². The molecular weight excluding hydrogens is 308 g/mol. The fourth-order valence-corrected chi connectivity index (χ4v) is 2.93. The number of amides is 1. The number of ether oxygens (including phenoxy) is 1. The second-order valence-corrected chi connectivity index (χ2v) is 6.28. The minimum absolute atomic E-state index is 0.0884. The molecule has 0 aliphatic heterocycles. The summed E-state index contributed by atoms with van der Waals surface area (Å²) < 4.78 is 6.90. The largest absolute Gasteiger partial charge is 0.479 e. The van der Waals surface area contributed by atoms with E-state index in [-0.39, 0.29) is 23.6 Å². The van der Waals surface area contributed by atoms with Crippen LogP contribution in [0.3, 0.4) is 0 Å². The number of benzene rings is 1. The standard InChI is InChI=1S/C17H22N4O3/c1-24-16-14(15(23)18-11-17(12-22)8-5-9-17)19-20-21(16)10-13-6-3-2-4-7-13/h2-4,6-7,22H,5,8-12H2,1H3,(H,18,23). The van der Waals surface area contributed by atoms with Gasteiger partial charge in [-0.3, -0.25) is 4.79 Å². The molecule has 0 atom stereocenters. The van der Waals surface area contributed by atoms with E-state index in [4.69, 9.17) is 4.74 Å². The average molecular weight is 330 g/mol. The highest BCUT2D eigenvalue weighted by Crippen LogP contribution is 2.39. The molecule has 0 radical (unpaired) electrons. The summed E-state index contributed by atoms with van der Waals surface area (Å²) in [7, 11) is 1.50. The van der Waals surface area contributed by atoms with E-state index in [2.05, 4.69) is 15.6 Å². The van der Waals surface area contributed by atoms with E-state index in [0.29, 0.717) is 19.0 Å². The summed E-state index contributed by atoms with van der Waals surface area (Å²) >= 11 is 0. The van der Waals surface area contributed by atoms with Gasteiger partial charge in [0.1, 0.15) is 0 Å². The second-order valence-electron chi connectivity index (χ2n) is 6.28. The molecule has 0 unspecified atom stereocenters. The molecule has 1 fully saturated rings. The molecule has 0 saturated heterocycles. The van der Waals surface area contributed by atoms with Gasteiger partial charge in [-0.25, -0.2) is 4.68 Å². The summed E-state index contributed by atoms with van der Waals surface area (Å²) in [5.41, 5.74) is 1.03. The maximum atomic E-state index is 12.4. The third-order valence-corrected chi connectivity index (χ3v) is 4.65. The van der Waals surface area contributed by atoms with Gasteiger partial charge >= 0.3 is 0 Å². The third-order valence-electron chi connectivity index (χ3n) is 4.65. The van der Waals surface area contributed by atoms with Crippen molar-refractivity contribution in [2.45, 2.75) is 25.8 Å². The number of aliphatic hydroxyl groups excluding tert-OH is 1. The van der Waals surface area contributed by atoms with Crippen LogP contribution in [0.1, 0.15) is 35.3 Å². The Morgan fingerprint density at radius 1 is 1.38 bits per heavy atom. The lowest BCUT2D eigenvalue weighted by molar-refractivity contribution is 0.0427. The topological polar surface area (TPSA) is 89.3 Å². The van der Waals surface area contributed by atoms with Crippen LogP contribution in [0, 0.1) is 5.41 Å². The number of nitrogens with one attached hydrogen (secondary N) is 1. The van der Waals surface area contributed by atoms with Gasteiger partial charge in [0, 0.05) is 12.0 Å². The Hall–Kier alpha value is -2.41. The molecule has 1 aromatic heterocycles. The minimum Gasteiger partial charge on any atom is -0.479 e. The van der Waals surface area contributed by atoms with Crippen molar-refractivity contribution in [2.24, 2.45) is 5.41 Å². The molecule has 1 aliphatic rings. The van der Waals surface area contributed by atoms with Crippen molar-refractivity contribution in [1.29, 1.82) is 0 Å². The minimum atomic E-state index is -0.328. The van der Waals surface area contributed by atoms with Crippen molar-refractivity contribution in [3.8, 4) is 5.88 Å². The average Bonchev–Trinajstić information content (AvgIpc) is 2.97. The first-order chi connectivity index (χ1) is 11.7. The van der Waals surface area contributed by atoms with Gasteiger partial charge in [0.2, 0.25) is 11.6 Å². The highest BCUT2D eigenvalue weighted by molar-refractivity contribution is 5.94. The van der Waals surface area contributed by atoms with Gasteiger partial charge in [-0.1, -0.05) is 42.0 Å². The number of aromatic nitrogens is 3. The Labute approximate surface area is 140 Å². The number of rotatable bonds is 7. The van der Waals surface area contributed by atoms with Crippen LogP contribution in [-0.2, 0) is 6.54 Å². The fourth-order valence-electron chi connectivity index (χ4n) is 2.93. The molecule has 1 amide bonds. The molecule has 3 rings (SSSR count). The maximum Gasteiger partial charge on any atom is 0.277 e. The van der Waals surface area contributed by atoms with Crippen LogP contribution >= 0.6 is 0 Å². The van der Waals surface area contributed by atoms with Gasteiger partial charge in [0.25, 0.3) is 5.91 Å². The number of nitrogens with zero attached hydrogens (tertiary/aromatic N) is 3. The molecule has 24 heavy (non-hydrogen) atoms. The second kappa shape index (κ2) is 7.00. The molecule has 1 aromatic carbocycles. The zero-order valence-electron chi connectivity index (χ0n) is 13.7. The van der Waals surface area contributed by atoms with Crippen LogP contribution in [0.25, 0.3) is 0 Å². The monoisotopic (exact) mass is 330 g/mol. The lowest BCUT2D eigenvalue weighted by Crippen LogP contribution is -2.44. The van der Waals surface area contributed by atoms with Gasteiger partial charge in [-0.05, 0) is 18.4 Å². The molecule has 0 bridgehead atoms. The Morgan fingerprint density at radius 3 is 2.71 bits per heavy atom. The molecule has 128 valence electrons. The number of carbonyl (C=O) groups is 1. The molecule has 1 saturated carbocycles. The predicted molar refractivity (Wildman–Crippen MR) is 87.8 cm³/mol. The summed E-state index contributed by atoms with van der Waals surface area (Å²) in [5, 5.41) is 20.3. The van der Waals surface area contributed by atoms with E-state index in [9.17, 15) is 9.90 Å². The van der Waals surface area contributed by atoms with E-state index in [1.807, 2.05) is 30.3 Å². The summed E-state index contributed by atoms with van der Waals surface area (Å²) in [5.74, 6) is 0.00824. The lowest BCUT2D eigenvalue weighted by Gasteiger charge is -2.40. The quantitative estimate of drug-likeness (QED) is 0.797. The molecule has 2 N–H and O–H groups in total.